The molecule has 1 N–H and O–H groups in total. The number of urea groups is 1. The minimum atomic E-state index is -0.129. The van der Waals surface area contributed by atoms with Gasteiger partial charge in [-0.3, -0.25) is 0 Å². The van der Waals surface area contributed by atoms with E-state index in [-0.39, 0.29) is 17.0 Å². The molecule has 24 heavy (non-hydrogen) atoms. The molecule has 1 aromatic heterocycles. The summed E-state index contributed by atoms with van der Waals surface area (Å²) in [5.74, 6) is 0.995. The van der Waals surface area contributed by atoms with Gasteiger partial charge in [-0.15, -0.1) is 0 Å². The van der Waals surface area contributed by atoms with Crippen molar-refractivity contribution in [3.63, 3.8) is 0 Å². The number of nitrogens with one attached hydrogen (secondary N) is 1. The summed E-state index contributed by atoms with van der Waals surface area (Å²) in [6.45, 7) is 12.2. The SMILES string of the molecule is Cc1nccn1Cc1ccc(NC(=O)N2CC(C)(C)C2(C)C)cc1. The zero-order valence-electron chi connectivity index (χ0n) is 15.1. The van der Waals surface area contributed by atoms with Gasteiger partial charge in [-0.1, -0.05) is 26.0 Å². The lowest BCUT2D eigenvalue weighted by atomic mass is 9.65. The number of hydrogen-bond acceptors (Lipinski definition) is 2. The number of rotatable bonds is 3. The fourth-order valence-electron chi connectivity index (χ4n) is 3.04. The van der Waals surface area contributed by atoms with Crippen LogP contribution in [0.3, 0.4) is 0 Å². The van der Waals surface area contributed by atoms with Crippen LogP contribution in [0.4, 0.5) is 10.5 Å². The highest BCUT2D eigenvalue weighted by Crippen LogP contribution is 2.46. The molecule has 1 saturated heterocycles. The largest absolute Gasteiger partial charge is 0.331 e. The van der Waals surface area contributed by atoms with Crippen molar-refractivity contribution in [3.8, 4) is 0 Å². The Labute approximate surface area is 143 Å². The minimum Gasteiger partial charge on any atom is -0.331 e. The third-order valence-corrected chi connectivity index (χ3v) is 5.61. The summed E-state index contributed by atoms with van der Waals surface area (Å²) in [5.41, 5.74) is 2.03. The highest BCUT2D eigenvalue weighted by molar-refractivity contribution is 5.90. The summed E-state index contributed by atoms with van der Waals surface area (Å²) < 4.78 is 2.10. The second kappa shape index (κ2) is 5.65. The molecule has 1 aliphatic rings. The fraction of sp³-hybridized carbons (Fsp3) is 0.474. The van der Waals surface area contributed by atoms with Gasteiger partial charge in [0.15, 0.2) is 0 Å². The second-order valence-corrected chi connectivity index (χ2v) is 7.76. The van der Waals surface area contributed by atoms with Crippen LogP contribution in [0.1, 0.15) is 39.1 Å². The summed E-state index contributed by atoms with van der Waals surface area (Å²) in [6.07, 6.45) is 3.78. The van der Waals surface area contributed by atoms with Crippen LogP contribution >= 0.6 is 0 Å². The van der Waals surface area contributed by atoms with Gasteiger partial charge in [0, 0.05) is 42.1 Å². The van der Waals surface area contributed by atoms with Crippen LogP contribution in [-0.2, 0) is 6.54 Å². The predicted molar refractivity (Wildman–Crippen MR) is 96.1 cm³/mol. The Balaban J connectivity index is 1.63. The molecule has 3 rings (SSSR count). The fourth-order valence-corrected chi connectivity index (χ4v) is 3.04. The number of aromatic nitrogens is 2. The lowest BCUT2D eigenvalue weighted by Gasteiger charge is -2.60. The summed E-state index contributed by atoms with van der Waals surface area (Å²) in [4.78, 5) is 18.6. The average Bonchev–Trinajstić information content (AvgIpc) is 2.92. The van der Waals surface area contributed by atoms with Gasteiger partial charge in [-0.25, -0.2) is 9.78 Å². The van der Waals surface area contributed by atoms with E-state index in [1.54, 1.807) is 6.20 Å². The van der Waals surface area contributed by atoms with E-state index < -0.39 is 0 Å². The van der Waals surface area contributed by atoms with Crippen molar-refractivity contribution in [3.05, 3.63) is 48.0 Å². The lowest BCUT2D eigenvalue weighted by Crippen LogP contribution is -2.71. The van der Waals surface area contributed by atoms with E-state index in [1.165, 1.54) is 5.56 Å². The molecule has 5 heteroatoms. The number of nitrogens with zero attached hydrogens (tertiary/aromatic N) is 3. The first-order valence-corrected chi connectivity index (χ1v) is 8.36. The molecule has 0 atom stereocenters. The van der Waals surface area contributed by atoms with Gasteiger partial charge < -0.3 is 14.8 Å². The highest BCUT2D eigenvalue weighted by atomic mass is 16.2. The first-order valence-electron chi connectivity index (χ1n) is 8.36. The quantitative estimate of drug-likeness (QED) is 0.930. The van der Waals surface area contributed by atoms with Crippen LogP contribution in [0.5, 0.6) is 0 Å². The van der Waals surface area contributed by atoms with Crippen LogP contribution in [-0.4, -0.2) is 32.6 Å². The Bertz CT molecular complexity index is 743. The third-order valence-electron chi connectivity index (χ3n) is 5.61. The summed E-state index contributed by atoms with van der Waals surface area (Å²) in [7, 11) is 0. The second-order valence-electron chi connectivity index (χ2n) is 7.76. The molecule has 0 radical (unpaired) electrons. The number of likely N-dealkylation sites (tertiary alicyclic amines) is 1. The first-order chi connectivity index (χ1) is 11.2. The van der Waals surface area contributed by atoms with E-state index in [9.17, 15) is 4.79 Å². The number of imidazole rings is 1. The zero-order valence-corrected chi connectivity index (χ0v) is 15.1. The van der Waals surface area contributed by atoms with E-state index in [0.717, 1.165) is 24.6 Å². The van der Waals surface area contributed by atoms with Crippen molar-refractivity contribution < 1.29 is 4.79 Å². The number of amides is 2. The number of aryl methyl sites for hydroxylation is 1. The van der Waals surface area contributed by atoms with Crippen LogP contribution in [0.25, 0.3) is 0 Å². The number of benzene rings is 1. The number of anilines is 1. The van der Waals surface area contributed by atoms with Gasteiger partial charge in [-0.05, 0) is 38.5 Å². The maximum absolute atomic E-state index is 12.5. The van der Waals surface area contributed by atoms with Gasteiger partial charge in [0.2, 0.25) is 0 Å². The van der Waals surface area contributed by atoms with Gasteiger partial charge >= 0.3 is 6.03 Å². The molecule has 0 bridgehead atoms. The zero-order chi connectivity index (χ0) is 17.5. The molecule has 2 amide bonds. The van der Waals surface area contributed by atoms with Crippen molar-refractivity contribution in [2.24, 2.45) is 5.41 Å². The molecule has 5 nitrogen and oxygen atoms in total. The topological polar surface area (TPSA) is 50.2 Å². The van der Waals surface area contributed by atoms with Crippen molar-refractivity contribution in [2.45, 2.75) is 46.7 Å². The Kier molecular flexibility index (Phi) is 3.90. The molecule has 0 saturated carbocycles. The predicted octanol–water partition coefficient (Wildman–Crippen LogP) is 3.89. The molecule has 0 spiro atoms. The molecule has 0 aliphatic carbocycles. The molecule has 1 aromatic carbocycles. The lowest BCUT2D eigenvalue weighted by molar-refractivity contribution is -0.0770. The summed E-state index contributed by atoms with van der Waals surface area (Å²) in [5, 5.41) is 3.00. The Morgan fingerprint density at radius 1 is 1.21 bits per heavy atom. The third kappa shape index (κ3) is 2.79. The van der Waals surface area contributed by atoms with Crippen molar-refractivity contribution in [2.75, 3.05) is 11.9 Å². The Hall–Kier alpha value is -2.30. The minimum absolute atomic E-state index is 0.0301. The summed E-state index contributed by atoms with van der Waals surface area (Å²) in [6, 6.07) is 7.97. The highest BCUT2D eigenvalue weighted by Gasteiger charge is 2.54. The van der Waals surface area contributed by atoms with Gasteiger partial charge in [0.05, 0.1) is 0 Å². The smallest absolute Gasteiger partial charge is 0.322 e. The van der Waals surface area contributed by atoms with Gasteiger partial charge in [0.25, 0.3) is 0 Å². The van der Waals surface area contributed by atoms with E-state index in [2.05, 4.69) is 42.6 Å². The monoisotopic (exact) mass is 326 g/mol. The number of hydrogen-bond donors (Lipinski definition) is 1. The Morgan fingerprint density at radius 2 is 1.88 bits per heavy atom. The van der Waals surface area contributed by atoms with Crippen molar-refractivity contribution >= 4 is 11.7 Å². The summed E-state index contributed by atoms with van der Waals surface area (Å²) >= 11 is 0. The van der Waals surface area contributed by atoms with Crippen molar-refractivity contribution in [1.29, 1.82) is 0 Å². The Morgan fingerprint density at radius 3 is 2.38 bits per heavy atom. The van der Waals surface area contributed by atoms with E-state index in [0.29, 0.717) is 0 Å². The molecule has 128 valence electrons. The van der Waals surface area contributed by atoms with Gasteiger partial charge in [-0.2, -0.15) is 0 Å². The van der Waals surface area contributed by atoms with E-state index >= 15 is 0 Å². The van der Waals surface area contributed by atoms with E-state index in [4.69, 9.17) is 0 Å². The van der Waals surface area contributed by atoms with Crippen molar-refractivity contribution in [1.82, 2.24) is 14.5 Å². The normalized spacial score (nSPS) is 18.1. The molecule has 1 fully saturated rings. The number of carbonyl (C=O) groups excluding carboxylic acids is 1. The van der Waals surface area contributed by atoms with Crippen LogP contribution < -0.4 is 5.32 Å². The van der Waals surface area contributed by atoms with Gasteiger partial charge in [0.1, 0.15) is 5.82 Å². The molecule has 0 unspecified atom stereocenters. The van der Waals surface area contributed by atoms with Crippen LogP contribution in [0.15, 0.2) is 36.7 Å². The standard InChI is InChI=1S/C19H26N4O/c1-14-20-10-11-22(14)12-15-6-8-16(9-7-15)21-17(24)23-13-18(2,3)19(23,4)5/h6-11H,12-13H2,1-5H3,(H,21,24). The van der Waals surface area contributed by atoms with Crippen LogP contribution in [0.2, 0.25) is 0 Å². The average molecular weight is 326 g/mol. The maximum atomic E-state index is 12.5. The molecule has 1 aliphatic heterocycles. The first kappa shape index (κ1) is 16.6. The molecule has 2 heterocycles. The molecular weight excluding hydrogens is 300 g/mol. The van der Waals surface area contributed by atoms with E-state index in [1.807, 2.05) is 42.3 Å². The molecule has 2 aromatic rings. The number of carbonyl (C=O) groups is 1. The van der Waals surface area contributed by atoms with Crippen LogP contribution in [0, 0.1) is 12.3 Å². The maximum Gasteiger partial charge on any atom is 0.322 e. The molecular formula is C19H26N4O.